The fraction of sp³-hybridized carbons (Fsp3) is 1.00. The molecule has 0 bridgehead atoms. The summed E-state index contributed by atoms with van der Waals surface area (Å²) < 4.78 is 0. The lowest BCUT2D eigenvalue weighted by Gasteiger charge is -2.21. The Morgan fingerprint density at radius 2 is 1.64 bits per heavy atom. The third kappa shape index (κ3) is 4.50. The highest BCUT2D eigenvalue weighted by atomic mass is 14.2. The summed E-state index contributed by atoms with van der Waals surface area (Å²) >= 11 is 0. The second kappa shape index (κ2) is 5.68. The van der Waals surface area contributed by atoms with Crippen LogP contribution in [0.5, 0.6) is 0 Å². The minimum absolute atomic E-state index is 0.684. The van der Waals surface area contributed by atoms with E-state index in [4.69, 9.17) is 7.85 Å². The molecule has 2 radical (unpaired) electrons. The van der Waals surface area contributed by atoms with Gasteiger partial charge in [0.15, 0.2) is 0 Å². The standard InChI is InChI=1S/C10H21B/c1-5-8(2)6-9(3)10(4)7-11/h8-10H,5-7H2,1-4H3/t8?,9?,10-/m1/s1. The van der Waals surface area contributed by atoms with Crippen molar-refractivity contribution in [2.75, 3.05) is 0 Å². The Morgan fingerprint density at radius 1 is 1.09 bits per heavy atom. The third-order valence-electron chi connectivity index (χ3n) is 2.81. The topological polar surface area (TPSA) is 0 Å². The zero-order valence-corrected chi connectivity index (χ0v) is 8.43. The van der Waals surface area contributed by atoms with E-state index >= 15 is 0 Å². The average Bonchev–Trinajstić information content (AvgIpc) is 2.02. The molecule has 0 saturated heterocycles. The highest BCUT2D eigenvalue weighted by Gasteiger charge is 2.12. The third-order valence-corrected chi connectivity index (χ3v) is 2.81. The molecule has 0 heterocycles. The van der Waals surface area contributed by atoms with Crippen LogP contribution in [0.1, 0.15) is 40.5 Å². The maximum absolute atomic E-state index is 5.59. The molecule has 0 fully saturated rings. The summed E-state index contributed by atoms with van der Waals surface area (Å²) in [5.41, 5.74) is 0. The Labute approximate surface area is 73.2 Å². The molecular formula is C10H21B. The average molecular weight is 152 g/mol. The van der Waals surface area contributed by atoms with E-state index in [9.17, 15) is 0 Å². The van der Waals surface area contributed by atoms with Gasteiger partial charge in [-0.3, -0.25) is 0 Å². The van der Waals surface area contributed by atoms with E-state index in [1.165, 1.54) is 12.8 Å². The summed E-state index contributed by atoms with van der Waals surface area (Å²) in [6, 6.07) is 0. The predicted octanol–water partition coefficient (Wildman–Crippen LogP) is 3.28. The summed E-state index contributed by atoms with van der Waals surface area (Å²) in [6.45, 7) is 9.13. The van der Waals surface area contributed by atoms with Crippen LogP contribution < -0.4 is 0 Å². The van der Waals surface area contributed by atoms with E-state index in [0.29, 0.717) is 5.92 Å². The van der Waals surface area contributed by atoms with Gasteiger partial charge in [0, 0.05) is 0 Å². The van der Waals surface area contributed by atoms with E-state index in [-0.39, 0.29) is 0 Å². The molecule has 0 spiro atoms. The lowest BCUT2D eigenvalue weighted by atomic mass is 9.79. The quantitative estimate of drug-likeness (QED) is 0.530. The molecule has 0 nitrogen and oxygen atoms in total. The van der Waals surface area contributed by atoms with Gasteiger partial charge in [0.1, 0.15) is 0 Å². The van der Waals surface area contributed by atoms with Crippen LogP contribution in [0.3, 0.4) is 0 Å². The highest BCUT2D eigenvalue weighted by molar-refractivity contribution is 6.08. The monoisotopic (exact) mass is 152 g/mol. The summed E-state index contributed by atoms with van der Waals surface area (Å²) in [5, 5.41) is 0. The summed E-state index contributed by atoms with van der Waals surface area (Å²) in [4.78, 5) is 0. The molecule has 0 amide bonds. The van der Waals surface area contributed by atoms with Gasteiger partial charge in [0.2, 0.25) is 0 Å². The summed E-state index contributed by atoms with van der Waals surface area (Å²) in [7, 11) is 5.59. The molecule has 0 aliphatic carbocycles. The minimum atomic E-state index is 0.684. The summed E-state index contributed by atoms with van der Waals surface area (Å²) in [6.07, 6.45) is 3.45. The van der Waals surface area contributed by atoms with Crippen LogP contribution in [-0.4, -0.2) is 7.85 Å². The first-order valence-electron chi connectivity index (χ1n) is 4.81. The normalized spacial score (nSPS) is 19.3. The molecule has 0 rings (SSSR count). The van der Waals surface area contributed by atoms with E-state index in [1.54, 1.807) is 0 Å². The molecule has 0 aromatic heterocycles. The van der Waals surface area contributed by atoms with Gasteiger partial charge in [-0.25, -0.2) is 0 Å². The molecule has 11 heavy (non-hydrogen) atoms. The minimum Gasteiger partial charge on any atom is -0.0859 e. The first-order chi connectivity index (χ1) is 5.11. The van der Waals surface area contributed by atoms with Crippen molar-refractivity contribution in [3.05, 3.63) is 0 Å². The molecule has 0 saturated carbocycles. The number of hydrogen-bond acceptors (Lipinski definition) is 0. The van der Waals surface area contributed by atoms with Gasteiger partial charge in [-0.2, -0.15) is 0 Å². The van der Waals surface area contributed by atoms with E-state index in [0.717, 1.165) is 18.2 Å². The molecule has 0 aromatic carbocycles. The van der Waals surface area contributed by atoms with Crippen LogP contribution in [0.15, 0.2) is 0 Å². The van der Waals surface area contributed by atoms with Crippen LogP contribution in [0.25, 0.3) is 0 Å². The zero-order chi connectivity index (χ0) is 8.85. The zero-order valence-electron chi connectivity index (χ0n) is 8.43. The second-order valence-corrected chi connectivity index (χ2v) is 3.94. The predicted molar refractivity (Wildman–Crippen MR) is 53.0 cm³/mol. The fourth-order valence-corrected chi connectivity index (χ4v) is 1.27. The molecule has 3 atom stereocenters. The van der Waals surface area contributed by atoms with Crippen LogP contribution >= 0.6 is 0 Å². The lowest BCUT2D eigenvalue weighted by Crippen LogP contribution is -2.10. The van der Waals surface area contributed by atoms with E-state index < -0.39 is 0 Å². The van der Waals surface area contributed by atoms with Gasteiger partial charge in [-0.05, 0) is 24.2 Å². The lowest BCUT2D eigenvalue weighted by molar-refractivity contribution is 0.327. The molecule has 2 unspecified atom stereocenters. The van der Waals surface area contributed by atoms with Crippen molar-refractivity contribution in [1.82, 2.24) is 0 Å². The Morgan fingerprint density at radius 3 is 2.00 bits per heavy atom. The van der Waals surface area contributed by atoms with Crippen molar-refractivity contribution in [1.29, 1.82) is 0 Å². The fourth-order valence-electron chi connectivity index (χ4n) is 1.27. The first-order valence-corrected chi connectivity index (χ1v) is 4.81. The Balaban J connectivity index is 3.58. The smallest absolute Gasteiger partial charge is 0.0656 e. The molecule has 0 aliphatic heterocycles. The molecule has 0 aliphatic rings. The second-order valence-electron chi connectivity index (χ2n) is 3.94. The Kier molecular flexibility index (Phi) is 5.72. The number of hydrogen-bond donors (Lipinski definition) is 0. The molecule has 0 aromatic rings. The molecular weight excluding hydrogens is 131 g/mol. The van der Waals surface area contributed by atoms with Crippen molar-refractivity contribution in [2.24, 2.45) is 17.8 Å². The Bertz CT molecular complexity index is 90.9. The van der Waals surface area contributed by atoms with Gasteiger partial charge in [0.05, 0.1) is 7.85 Å². The largest absolute Gasteiger partial charge is 0.0859 e. The van der Waals surface area contributed by atoms with Gasteiger partial charge in [0.25, 0.3) is 0 Å². The SMILES string of the molecule is [B]C[C@@H](C)C(C)CC(C)CC. The molecule has 64 valence electrons. The Hall–Kier alpha value is 0.0649. The van der Waals surface area contributed by atoms with E-state index in [2.05, 4.69) is 27.7 Å². The van der Waals surface area contributed by atoms with Gasteiger partial charge < -0.3 is 0 Å². The van der Waals surface area contributed by atoms with Gasteiger partial charge in [-0.15, -0.1) is 0 Å². The van der Waals surface area contributed by atoms with Crippen LogP contribution in [-0.2, 0) is 0 Å². The highest BCUT2D eigenvalue weighted by Crippen LogP contribution is 2.23. The van der Waals surface area contributed by atoms with E-state index in [1.807, 2.05) is 0 Å². The van der Waals surface area contributed by atoms with Crippen molar-refractivity contribution < 1.29 is 0 Å². The molecule has 0 N–H and O–H groups in total. The van der Waals surface area contributed by atoms with Crippen molar-refractivity contribution in [2.45, 2.75) is 46.9 Å². The van der Waals surface area contributed by atoms with Gasteiger partial charge >= 0.3 is 0 Å². The van der Waals surface area contributed by atoms with Crippen LogP contribution in [0.2, 0.25) is 6.32 Å². The van der Waals surface area contributed by atoms with Crippen molar-refractivity contribution in [3.8, 4) is 0 Å². The summed E-state index contributed by atoms with van der Waals surface area (Å²) in [5.74, 6) is 2.33. The van der Waals surface area contributed by atoms with Crippen LogP contribution in [0, 0.1) is 17.8 Å². The number of rotatable bonds is 5. The maximum Gasteiger partial charge on any atom is 0.0656 e. The van der Waals surface area contributed by atoms with Crippen LogP contribution in [0.4, 0.5) is 0 Å². The molecule has 1 heteroatoms. The maximum atomic E-state index is 5.59. The first kappa shape index (κ1) is 11.1. The van der Waals surface area contributed by atoms with Crippen molar-refractivity contribution >= 4 is 7.85 Å². The van der Waals surface area contributed by atoms with Gasteiger partial charge in [-0.1, -0.05) is 40.4 Å². The van der Waals surface area contributed by atoms with Crippen molar-refractivity contribution in [3.63, 3.8) is 0 Å².